The predicted molar refractivity (Wildman–Crippen MR) is 103 cm³/mol. The van der Waals surface area contributed by atoms with Crippen LogP contribution in [0.15, 0.2) is 60.7 Å². The van der Waals surface area contributed by atoms with Gasteiger partial charge in [-0.15, -0.1) is 0 Å². The number of ketones is 1. The molecule has 128 valence electrons. The van der Waals surface area contributed by atoms with Gasteiger partial charge < -0.3 is 0 Å². The lowest BCUT2D eigenvalue weighted by molar-refractivity contribution is 0.0560. The zero-order valence-electron chi connectivity index (χ0n) is 14.7. The average molecular weight is 331 g/mol. The van der Waals surface area contributed by atoms with Gasteiger partial charge in [0.1, 0.15) is 0 Å². The molecule has 2 aromatic rings. The lowest BCUT2D eigenvalue weighted by Crippen LogP contribution is -2.46. The van der Waals surface area contributed by atoms with E-state index in [1.165, 1.54) is 11.1 Å². The van der Waals surface area contributed by atoms with Crippen molar-refractivity contribution in [1.82, 2.24) is 4.90 Å². The van der Waals surface area contributed by atoms with Gasteiger partial charge >= 0.3 is 0 Å². The van der Waals surface area contributed by atoms with E-state index < -0.39 is 0 Å². The molecule has 1 spiro atoms. The first-order valence-corrected chi connectivity index (χ1v) is 9.34. The van der Waals surface area contributed by atoms with Crippen molar-refractivity contribution < 1.29 is 4.79 Å². The Labute approximate surface area is 150 Å². The number of hydrogen-bond donors (Lipinski definition) is 0. The molecule has 0 saturated carbocycles. The Bertz CT molecular complexity index is 770. The number of piperidine rings is 1. The van der Waals surface area contributed by atoms with E-state index >= 15 is 0 Å². The Morgan fingerprint density at radius 2 is 1.64 bits per heavy atom. The molecule has 0 unspecified atom stereocenters. The van der Waals surface area contributed by atoms with E-state index in [9.17, 15) is 4.79 Å². The number of fused-ring (bicyclic) bond motifs is 1. The van der Waals surface area contributed by atoms with Gasteiger partial charge in [-0.2, -0.15) is 0 Å². The number of hydrogen-bond acceptors (Lipinski definition) is 2. The summed E-state index contributed by atoms with van der Waals surface area (Å²) in [5, 5.41) is 0. The zero-order chi connectivity index (χ0) is 17.1. The van der Waals surface area contributed by atoms with Gasteiger partial charge in [-0.3, -0.25) is 9.69 Å². The maximum atomic E-state index is 13.1. The maximum absolute atomic E-state index is 13.1. The number of aryl methyl sites for hydroxylation is 1. The molecule has 1 aliphatic carbocycles. The Morgan fingerprint density at radius 1 is 0.920 bits per heavy atom. The Balaban J connectivity index is 1.37. The first-order valence-electron chi connectivity index (χ1n) is 9.34. The van der Waals surface area contributed by atoms with E-state index in [4.69, 9.17) is 0 Å². The Kier molecular flexibility index (Phi) is 4.54. The molecule has 1 fully saturated rings. The van der Waals surface area contributed by atoms with E-state index in [-0.39, 0.29) is 5.41 Å². The summed E-state index contributed by atoms with van der Waals surface area (Å²) >= 11 is 0. The van der Waals surface area contributed by atoms with Gasteiger partial charge in [0.25, 0.3) is 0 Å². The smallest absolute Gasteiger partial charge is 0.169 e. The minimum absolute atomic E-state index is 0.103. The third-order valence-electron chi connectivity index (χ3n) is 5.90. The van der Waals surface area contributed by atoms with Gasteiger partial charge in [0.05, 0.1) is 0 Å². The summed E-state index contributed by atoms with van der Waals surface area (Å²) in [5.74, 6) is 0.397. The molecule has 0 bridgehead atoms. The number of benzene rings is 2. The molecule has 1 saturated heterocycles. The summed E-state index contributed by atoms with van der Waals surface area (Å²) in [4.78, 5) is 15.5. The van der Waals surface area contributed by atoms with Gasteiger partial charge in [0, 0.05) is 17.5 Å². The number of Topliss-reactive ketones (excluding diaryl/α,β-unsaturated/α-hetero) is 1. The van der Waals surface area contributed by atoms with Crippen molar-refractivity contribution in [2.45, 2.75) is 25.7 Å². The van der Waals surface area contributed by atoms with Gasteiger partial charge in [0.2, 0.25) is 0 Å². The van der Waals surface area contributed by atoms with E-state index in [2.05, 4.69) is 47.4 Å². The lowest BCUT2D eigenvalue weighted by Gasteiger charge is -2.43. The first-order chi connectivity index (χ1) is 12.3. The molecule has 0 atom stereocenters. The van der Waals surface area contributed by atoms with Crippen LogP contribution < -0.4 is 0 Å². The van der Waals surface area contributed by atoms with Crippen molar-refractivity contribution in [3.8, 4) is 0 Å². The summed E-state index contributed by atoms with van der Waals surface area (Å²) in [5.41, 5.74) is 3.36. The van der Waals surface area contributed by atoms with Crippen LogP contribution >= 0.6 is 0 Å². The van der Waals surface area contributed by atoms with E-state index in [1.807, 2.05) is 24.3 Å². The fourth-order valence-corrected chi connectivity index (χ4v) is 4.28. The molecule has 2 aliphatic rings. The molecule has 0 radical (unpaired) electrons. The molecule has 0 aromatic heterocycles. The lowest BCUT2D eigenvalue weighted by atomic mass is 9.65. The highest BCUT2D eigenvalue weighted by molar-refractivity contribution is 6.02. The predicted octanol–water partition coefficient (Wildman–Crippen LogP) is 4.61. The fourth-order valence-electron chi connectivity index (χ4n) is 4.28. The van der Waals surface area contributed by atoms with Crippen LogP contribution in [0.1, 0.15) is 40.7 Å². The third kappa shape index (κ3) is 3.32. The van der Waals surface area contributed by atoms with Crippen LogP contribution in [-0.2, 0) is 6.42 Å². The van der Waals surface area contributed by atoms with Crippen molar-refractivity contribution in [2.75, 3.05) is 19.6 Å². The second kappa shape index (κ2) is 6.97. The van der Waals surface area contributed by atoms with Crippen molar-refractivity contribution in [3.63, 3.8) is 0 Å². The molecular weight excluding hydrogens is 306 g/mol. The molecule has 25 heavy (non-hydrogen) atoms. The average Bonchev–Trinajstić information content (AvgIpc) is 2.68. The standard InChI is InChI=1S/C23H25NO/c25-22-21-11-5-4-10-20(21)12-13-23(22)14-17-24(18-15-23)16-6-9-19-7-2-1-3-8-19/h1-11H,12-18H2/b9-6+. The van der Waals surface area contributed by atoms with Crippen molar-refractivity contribution >= 4 is 11.9 Å². The fraction of sp³-hybridized carbons (Fsp3) is 0.348. The van der Waals surface area contributed by atoms with Crippen LogP contribution in [-0.4, -0.2) is 30.3 Å². The minimum Gasteiger partial charge on any atom is -0.300 e. The molecule has 1 aliphatic heterocycles. The Morgan fingerprint density at radius 3 is 2.44 bits per heavy atom. The summed E-state index contributed by atoms with van der Waals surface area (Å²) in [6.45, 7) is 3.01. The van der Waals surface area contributed by atoms with Crippen LogP contribution in [0, 0.1) is 5.41 Å². The topological polar surface area (TPSA) is 20.3 Å². The summed E-state index contributed by atoms with van der Waals surface area (Å²) in [7, 11) is 0. The van der Waals surface area contributed by atoms with E-state index in [1.54, 1.807) is 0 Å². The van der Waals surface area contributed by atoms with Crippen molar-refractivity contribution in [3.05, 3.63) is 77.4 Å². The van der Waals surface area contributed by atoms with Gasteiger partial charge in [0.15, 0.2) is 5.78 Å². The summed E-state index contributed by atoms with van der Waals surface area (Å²) in [6.07, 6.45) is 8.50. The number of nitrogens with zero attached hydrogens (tertiary/aromatic N) is 1. The number of likely N-dealkylation sites (tertiary alicyclic amines) is 1. The van der Waals surface area contributed by atoms with Crippen molar-refractivity contribution in [2.24, 2.45) is 5.41 Å². The normalized spacial score (nSPS) is 20.1. The molecular formula is C23H25NO. The second-order valence-electron chi connectivity index (χ2n) is 7.38. The molecule has 2 nitrogen and oxygen atoms in total. The molecule has 2 heteroatoms. The van der Waals surface area contributed by atoms with Crippen LogP contribution in [0.25, 0.3) is 6.08 Å². The molecule has 0 amide bonds. The summed E-state index contributed by atoms with van der Waals surface area (Å²) in [6, 6.07) is 18.6. The largest absolute Gasteiger partial charge is 0.300 e. The monoisotopic (exact) mass is 331 g/mol. The van der Waals surface area contributed by atoms with Gasteiger partial charge in [-0.25, -0.2) is 0 Å². The van der Waals surface area contributed by atoms with E-state index in [0.717, 1.165) is 50.9 Å². The minimum atomic E-state index is -0.103. The van der Waals surface area contributed by atoms with Crippen LogP contribution in [0.3, 0.4) is 0 Å². The number of rotatable bonds is 3. The highest BCUT2D eigenvalue weighted by Gasteiger charge is 2.43. The van der Waals surface area contributed by atoms with E-state index in [0.29, 0.717) is 5.78 Å². The second-order valence-corrected chi connectivity index (χ2v) is 7.38. The number of carbonyl (C=O) groups excluding carboxylic acids is 1. The molecule has 1 heterocycles. The van der Waals surface area contributed by atoms with Crippen LogP contribution in [0.4, 0.5) is 0 Å². The quantitative estimate of drug-likeness (QED) is 0.818. The van der Waals surface area contributed by atoms with Crippen molar-refractivity contribution in [1.29, 1.82) is 0 Å². The third-order valence-corrected chi connectivity index (χ3v) is 5.90. The van der Waals surface area contributed by atoms with Gasteiger partial charge in [-0.1, -0.05) is 66.7 Å². The van der Waals surface area contributed by atoms with Crippen LogP contribution in [0.5, 0.6) is 0 Å². The number of carbonyl (C=O) groups is 1. The maximum Gasteiger partial charge on any atom is 0.169 e. The van der Waals surface area contributed by atoms with Gasteiger partial charge in [-0.05, 0) is 49.9 Å². The summed E-state index contributed by atoms with van der Waals surface area (Å²) < 4.78 is 0. The molecule has 2 aromatic carbocycles. The zero-order valence-corrected chi connectivity index (χ0v) is 14.7. The van der Waals surface area contributed by atoms with Crippen LogP contribution in [0.2, 0.25) is 0 Å². The molecule has 4 rings (SSSR count). The molecule has 0 N–H and O–H groups in total. The Hall–Kier alpha value is -2.19. The highest BCUT2D eigenvalue weighted by Crippen LogP contribution is 2.43. The highest BCUT2D eigenvalue weighted by atomic mass is 16.1. The SMILES string of the molecule is O=C1c2ccccc2CCC12CCN(C/C=C/c1ccccc1)CC2. The first kappa shape index (κ1) is 16.3.